The summed E-state index contributed by atoms with van der Waals surface area (Å²) in [4.78, 5) is 25.2. The van der Waals surface area contributed by atoms with Crippen molar-refractivity contribution < 1.29 is 9.18 Å². The molecule has 7 nitrogen and oxygen atoms in total. The van der Waals surface area contributed by atoms with Crippen molar-refractivity contribution in [3.05, 3.63) is 71.4 Å². The molecule has 0 bridgehead atoms. The van der Waals surface area contributed by atoms with E-state index in [1.54, 1.807) is 24.3 Å². The summed E-state index contributed by atoms with van der Waals surface area (Å²) in [7, 11) is 0. The molecule has 1 aliphatic rings. The number of rotatable bonds is 3. The molecule has 30 heavy (non-hydrogen) atoms. The van der Waals surface area contributed by atoms with Gasteiger partial charge in [-0.2, -0.15) is 0 Å². The highest BCUT2D eigenvalue weighted by Crippen LogP contribution is 2.29. The number of urea groups is 1. The highest BCUT2D eigenvalue weighted by molar-refractivity contribution is 6.04. The molecule has 8 heteroatoms. The lowest BCUT2D eigenvalue weighted by atomic mass is 10.0. The smallest absolute Gasteiger partial charge is 0.323 e. The standard InChI is InChI=1S/C22H21FN6O/c1-13-5-10-16(23)19(11-13)29-22(30)27-15-8-6-14(7-9-15)17-3-2-4-18-20(28-17)21(24)26-12-25-18/h5-12H,2-4H2,1H3,(H2,24,25,26)(H2,27,29,30). The molecule has 2 heterocycles. The van der Waals surface area contributed by atoms with Crippen molar-refractivity contribution in [2.45, 2.75) is 26.2 Å². The number of hydrogen-bond donors (Lipinski definition) is 3. The van der Waals surface area contributed by atoms with Gasteiger partial charge in [-0.25, -0.2) is 24.1 Å². The topological polar surface area (TPSA) is 105 Å². The van der Waals surface area contributed by atoms with Crippen molar-refractivity contribution >= 4 is 34.6 Å². The summed E-state index contributed by atoms with van der Waals surface area (Å²) >= 11 is 0. The fourth-order valence-corrected chi connectivity index (χ4v) is 3.32. The first-order chi connectivity index (χ1) is 14.5. The number of aromatic nitrogens is 2. The third kappa shape index (κ3) is 4.27. The molecule has 1 aromatic heterocycles. The number of fused-ring (bicyclic) bond motifs is 1. The SMILES string of the molecule is Cc1ccc(F)c(NC(=O)Nc2ccc(C3=Nc4c(N)ncnc4CCC3)cc2)c1. The third-order valence-corrected chi connectivity index (χ3v) is 4.85. The van der Waals surface area contributed by atoms with Crippen LogP contribution in [-0.4, -0.2) is 21.7 Å². The molecule has 1 aliphatic heterocycles. The van der Waals surface area contributed by atoms with Crippen LogP contribution >= 0.6 is 0 Å². The minimum atomic E-state index is -0.516. The van der Waals surface area contributed by atoms with Crippen molar-refractivity contribution in [2.75, 3.05) is 16.4 Å². The van der Waals surface area contributed by atoms with Gasteiger partial charge >= 0.3 is 6.03 Å². The number of nitrogen functional groups attached to an aromatic ring is 1. The summed E-state index contributed by atoms with van der Waals surface area (Å²) in [6, 6.07) is 11.4. The first-order valence-electron chi connectivity index (χ1n) is 9.61. The van der Waals surface area contributed by atoms with Crippen molar-refractivity contribution in [2.24, 2.45) is 4.99 Å². The molecule has 0 unspecified atom stereocenters. The van der Waals surface area contributed by atoms with E-state index in [2.05, 4.69) is 20.6 Å². The van der Waals surface area contributed by atoms with Crippen LogP contribution in [0.15, 0.2) is 53.8 Å². The van der Waals surface area contributed by atoms with Gasteiger partial charge in [0.2, 0.25) is 0 Å². The zero-order chi connectivity index (χ0) is 21.1. The predicted molar refractivity (Wildman–Crippen MR) is 116 cm³/mol. The summed E-state index contributed by atoms with van der Waals surface area (Å²) < 4.78 is 13.8. The molecule has 4 N–H and O–H groups in total. The van der Waals surface area contributed by atoms with E-state index in [9.17, 15) is 9.18 Å². The lowest BCUT2D eigenvalue weighted by Crippen LogP contribution is -2.20. The van der Waals surface area contributed by atoms with E-state index in [0.29, 0.717) is 17.2 Å². The van der Waals surface area contributed by atoms with Gasteiger partial charge in [0.1, 0.15) is 17.8 Å². The molecular weight excluding hydrogens is 383 g/mol. The number of anilines is 3. The van der Waals surface area contributed by atoms with E-state index in [1.165, 1.54) is 12.4 Å². The van der Waals surface area contributed by atoms with E-state index < -0.39 is 11.8 Å². The normalized spacial score (nSPS) is 13.1. The minimum absolute atomic E-state index is 0.135. The number of nitrogens with two attached hydrogens (primary N) is 1. The Kier molecular flexibility index (Phi) is 5.38. The number of halogens is 1. The second-order valence-electron chi connectivity index (χ2n) is 7.11. The summed E-state index contributed by atoms with van der Waals surface area (Å²) in [5, 5.41) is 5.23. The summed E-state index contributed by atoms with van der Waals surface area (Å²) in [6.45, 7) is 1.83. The van der Waals surface area contributed by atoms with Crippen LogP contribution in [0, 0.1) is 12.7 Å². The van der Waals surface area contributed by atoms with Crippen LogP contribution in [0.2, 0.25) is 0 Å². The van der Waals surface area contributed by atoms with Gasteiger partial charge in [-0.3, -0.25) is 0 Å². The number of amides is 2. The van der Waals surface area contributed by atoms with Gasteiger partial charge in [0.05, 0.1) is 11.4 Å². The fraction of sp³-hybridized carbons (Fsp3) is 0.182. The molecule has 152 valence electrons. The number of carbonyl (C=O) groups excluding carboxylic acids is 1. The molecule has 3 aromatic rings. The second-order valence-corrected chi connectivity index (χ2v) is 7.11. The van der Waals surface area contributed by atoms with Crippen molar-refractivity contribution in [3.63, 3.8) is 0 Å². The number of nitrogens with zero attached hydrogens (tertiary/aromatic N) is 3. The van der Waals surface area contributed by atoms with E-state index in [0.717, 1.165) is 41.8 Å². The van der Waals surface area contributed by atoms with E-state index >= 15 is 0 Å². The summed E-state index contributed by atoms with van der Waals surface area (Å²) in [5.74, 6) is -0.112. The van der Waals surface area contributed by atoms with Crippen molar-refractivity contribution in [1.82, 2.24) is 9.97 Å². The van der Waals surface area contributed by atoms with Crippen LogP contribution in [0.25, 0.3) is 0 Å². The molecule has 2 amide bonds. The highest BCUT2D eigenvalue weighted by atomic mass is 19.1. The second kappa shape index (κ2) is 8.28. The molecular formula is C22H21FN6O. The minimum Gasteiger partial charge on any atom is -0.382 e. The maximum Gasteiger partial charge on any atom is 0.323 e. The Morgan fingerprint density at radius 1 is 1.07 bits per heavy atom. The van der Waals surface area contributed by atoms with Gasteiger partial charge in [-0.05, 0) is 61.6 Å². The average molecular weight is 404 g/mol. The Balaban J connectivity index is 1.48. The van der Waals surface area contributed by atoms with Crippen molar-refractivity contribution in [1.29, 1.82) is 0 Å². The Labute approximate surface area is 173 Å². The predicted octanol–water partition coefficient (Wildman–Crippen LogP) is 4.61. The number of hydrogen-bond acceptors (Lipinski definition) is 5. The van der Waals surface area contributed by atoms with Crippen LogP contribution in [0.3, 0.4) is 0 Å². The summed E-state index contributed by atoms with van der Waals surface area (Å²) in [6.07, 6.45) is 3.95. The molecule has 0 saturated carbocycles. The lowest BCUT2D eigenvalue weighted by Gasteiger charge is -2.10. The van der Waals surface area contributed by atoms with Gasteiger partial charge < -0.3 is 16.4 Å². The summed E-state index contributed by atoms with van der Waals surface area (Å²) in [5.41, 5.74) is 10.9. The number of aliphatic imine (C=N–C) groups is 1. The Bertz CT molecular complexity index is 1130. The molecule has 0 radical (unpaired) electrons. The van der Waals surface area contributed by atoms with Crippen LogP contribution in [0.1, 0.15) is 29.7 Å². The van der Waals surface area contributed by atoms with Gasteiger partial charge in [-0.15, -0.1) is 0 Å². The lowest BCUT2D eigenvalue weighted by molar-refractivity contribution is 0.262. The van der Waals surface area contributed by atoms with E-state index in [1.807, 2.05) is 19.1 Å². The van der Waals surface area contributed by atoms with Gasteiger partial charge in [0, 0.05) is 11.4 Å². The van der Waals surface area contributed by atoms with Crippen LogP contribution in [0.4, 0.5) is 32.1 Å². The molecule has 0 aliphatic carbocycles. The number of aryl methyl sites for hydroxylation is 2. The average Bonchev–Trinajstić information content (AvgIpc) is 2.95. The molecule has 0 atom stereocenters. The fourth-order valence-electron chi connectivity index (χ4n) is 3.32. The molecule has 0 saturated heterocycles. The van der Waals surface area contributed by atoms with Crippen molar-refractivity contribution in [3.8, 4) is 0 Å². The third-order valence-electron chi connectivity index (χ3n) is 4.85. The Hall–Kier alpha value is -3.81. The zero-order valence-corrected chi connectivity index (χ0v) is 16.4. The molecule has 4 rings (SSSR count). The molecule has 2 aromatic carbocycles. The van der Waals surface area contributed by atoms with Gasteiger partial charge in [0.15, 0.2) is 5.82 Å². The molecule has 0 fully saturated rings. The first kappa shape index (κ1) is 19.5. The van der Waals surface area contributed by atoms with Crippen LogP contribution in [-0.2, 0) is 6.42 Å². The van der Waals surface area contributed by atoms with Gasteiger partial charge in [0.25, 0.3) is 0 Å². The van der Waals surface area contributed by atoms with E-state index in [4.69, 9.17) is 10.7 Å². The maximum atomic E-state index is 13.8. The highest BCUT2D eigenvalue weighted by Gasteiger charge is 2.16. The van der Waals surface area contributed by atoms with Crippen LogP contribution < -0.4 is 16.4 Å². The largest absolute Gasteiger partial charge is 0.382 e. The van der Waals surface area contributed by atoms with Crippen LogP contribution in [0.5, 0.6) is 0 Å². The number of carbonyl (C=O) groups is 1. The zero-order valence-electron chi connectivity index (χ0n) is 16.4. The molecule has 0 spiro atoms. The number of nitrogens with one attached hydrogen (secondary N) is 2. The van der Waals surface area contributed by atoms with Gasteiger partial charge in [-0.1, -0.05) is 18.2 Å². The van der Waals surface area contributed by atoms with E-state index in [-0.39, 0.29) is 5.69 Å². The quantitative estimate of drug-likeness (QED) is 0.593. The number of benzene rings is 2. The monoisotopic (exact) mass is 404 g/mol. The Morgan fingerprint density at radius 2 is 1.87 bits per heavy atom. The maximum absolute atomic E-state index is 13.8. The Morgan fingerprint density at radius 3 is 2.67 bits per heavy atom. The first-order valence-corrected chi connectivity index (χ1v) is 9.61.